The number of nitrogens with one attached hydrogen (secondary N) is 1. The van der Waals surface area contributed by atoms with Crippen molar-refractivity contribution in [2.75, 3.05) is 0 Å². The van der Waals surface area contributed by atoms with Gasteiger partial charge in [-0.15, -0.1) is 0 Å². The van der Waals surface area contributed by atoms with Crippen molar-refractivity contribution in [1.82, 2.24) is 10.2 Å². The number of hydrogen-bond acceptors (Lipinski definition) is 2. The van der Waals surface area contributed by atoms with E-state index in [1.54, 1.807) is 49.5 Å². The van der Waals surface area contributed by atoms with Gasteiger partial charge in [-0.05, 0) is 70.2 Å². The predicted octanol–water partition coefficient (Wildman–Crippen LogP) is 7.19. The number of carbonyl (C=O) groups is 1. The van der Waals surface area contributed by atoms with E-state index >= 15 is 0 Å². The number of aromatic amines is 1. The topological polar surface area (TPSA) is 66.0 Å². The molecule has 178 valence electrons. The van der Waals surface area contributed by atoms with Crippen LogP contribution in [0.5, 0.6) is 0 Å². The van der Waals surface area contributed by atoms with E-state index in [1.807, 2.05) is 6.07 Å². The number of alkyl halides is 3. The van der Waals surface area contributed by atoms with Crippen LogP contribution in [0.3, 0.4) is 0 Å². The maximum absolute atomic E-state index is 13.9. The summed E-state index contributed by atoms with van der Waals surface area (Å²) in [5.74, 6) is -2.06. The summed E-state index contributed by atoms with van der Waals surface area (Å²) >= 11 is 0. The lowest BCUT2D eigenvalue weighted by Gasteiger charge is -2.20. The lowest BCUT2D eigenvalue weighted by atomic mass is 9.85. The van der Waals surface area contributed by atoms with Crippen LogP contribution in [-0.4, -0.2) is 21.3 Å². The van der Waals surface area contributed by atoms with Crippen LogP contribution in [0, 0.1) is 5.82 Å². The third kappa shape index (κ3) is 5.16. The fraction of sp³-hybridized carbons (Fsp3) is 0.111. The first-order valence-electron chi connectivity index (χ1n) is 10.7. The molecule has 0 saturated heterocycles. The number of H-pyrrole nitrogens is 1. The van der Waals surface area contributed by atoms with E-state index in [4.69, 9.17) is 5.11 Å². The van der Waals surface area contributed by atoms with Crippen molar-refractivity contribution in [3.8, 4) is 0 Å². The average molecular weight is 480 g/mol. The van der Waals surface area contributed by atoms with Crippen LogP contribution in [0.25, 0.3) is 28.1 Å². The van der Waals surface area contributed by atoms with Crippen LogP contribution in [0.4, 0.5) is 17.6 Å². The van der Waals surface area contributed by atoms with Gasteiger partial charge < -0.3 is 5.11 Å². The Morgan fingerprint density at radius 1 is 1.03 bits per heavy atom. The van der Waals surface area contributed by atoms with Crippen molar-refractivity contribution < 1.29 is 27.5 Å². The van der Waals surface area contributed by atoms with E-state index in [-0.39, 0.29) is 12.0 Å². The van der Waals surface area contributed by atoms with E-state index < -0.39 is 23.5 Å². The van der Waals surface area contributed by atoms with E-state index in [9.17, 15) is 22.4 Å². The number of rotatable bonds is 6. The van der Waals surface area contributed by atoms with E-state index in [1.165, 1.54) is 6.08 Å². The summed E-state index contributed by atoms with van der Waals surface area (Å²) in [7, 11) is 0. The minimum Gasteiger partial charge on any atom is -0.478 e. The molecule has 4 nitrogen and oxygen atoms in total. The molecule has 0 aliphatic carbocycles. The van der Waals surface area contributed by atoms with Gasteiger partial charge in [0.1, 0.15) is 5.82 Å². The molecule has 0 saturated carbocycles. The minimum absolute atomic E-state index is 0.0986. The summed E-state index contributed by atoms with van der Waals surface area (Å²) in [6, 6.07) is 15.0. The van der Waals surface area contributed by atoms with E-state index in [2.05, 4.69) is 10.2 Å². The van der Waals surface area contributed by atoms with Crippen molar-refractivity contribution in [2.24, 2.45) is 0 Å². The second kappa shape index (κ2) is 9.58. The fourth-order valence-corrected chi connectivity index (χ4v) is 4.06. The van der Waals surface area contributed by atoms with E-state index in [0.717, 1.165) is 29.1 Å². The molecule has 0 amide bonds. The Bertz CT molecular complexity index is 1450. The number of halogens is 4. The molecular formula is C27H20F4N2O2. The second-order valence-electron chi connectivity index (χ2n) is 7.86. The Hall–Kier alpha value is -4.20. The zero-order chi connectivity index (χ0) is 25.2. The summed E-state index contributed by atoms with van der Waals surface area (Å²) in [6.07, 6.45) is -0.447. The van der Waals surface area contributed by atoms with Gasteiger partial charge in [0.15, 0.2) is 0 Å². The standard InChI is InChI=1S/C27H20F4N2O2/c1-2-21(22-10-9-20(28)14-23(22)27(29,30)31)26(18-8-11-24-19(13-18)15-32-33-24)17-6-3-16(4-7-17)5-12-25(34)35/h3-15H,2H2,1H3,(H,32,33)(H,34,35)/b12-5+,26-21+. The van der Waals surface area contributed by atoms with Crippen LogP contribution < -0.4 is 0 Å². The molecule has 4 aromatic rings. The highest BCUT2D eigenvalue weighted by molar-refractivity contribution is 6.01. The largest absolute Gasteiger partial charge is 0.478 e. The summed E-state index contributed by atoms with van der Waals surface area (Å²) in [6.45, 7) is 1.75. The van der Waals surface area contributed by atoms with Gasteiger partial charge in [-0.1, -0.05) is 43.3 Å². The lowest BCUT2D eigenvalue weighted by Crippen LogP contribution is -2.10. The van der Waals surface area contributed by atoms with Gasteiger partial charge in [0.05, 0.1) is 17.3 Å². The maximum atomic E-state index is 13.9. The third-order valence-corrected chi connectivity index (χ3v) is 5.61. The number of carboxylic acids is 1. The highest BCUT2D eigenvalue weighted by atomic mass is 19.4. The molecule has 0 aliphatic heterocycles. The second-order valence-corrected chi connectivity index (χ2v) is 7.86. The van der Waals surface area contributed by atoms with Gasteiger partial charge in [-0.2, -0.15) is 18.3 Å². The number of nitrogens with zero attached hydrogens (tertiary/aromatic N) is 1. The Morgan fingerprint density at radius 3 is 2.40 bits per heavy atom. The zero-order valence-electron chi connectivity index (χ0n) is 18.5. The Balaban J connectivity index is 1.99. The van der Waals surface area contributed by atoms with Gasteiger partial charge in [0.2, 0.25) is 0 Å². The monoisotopic (exact) mass is 480 g/mol. The zero-order valence-corrected chi connectivity index (χ0v) is 18.5. The first-order chi connectivity index (χ1) is 16.7. The Morgan fingerprint density at radius 2 is 1.74 bits per heavy atom. The molecule has 0 atom stereocenters. The summed E-state index contributed by atoms with van der Waals surface area (Å²) in [5, 5.41) is 16.5. The third-order valence-electron chi connectivity index (χ3n) is 5.61. The van der Waals surface area contributed by atoms with Crippen molar-refractivity contribution in [1.29, 1.82) is 0 Å². The lowest BCUT2D eigenvalue weighted by molar-refractivity contribution is -0.138. The molecule has 0 unspecified atom stereocenters. The molecular weight excluding hydrogens is 460 g/mol. The van der Waals surface area contributed by atoms with Crippen molar-refractivity contribution in [2.45, 2.75) is 19.5 Å². The summed E-state index contributed by atoms with van der Waals surface area (Å²) in [4.78, 5) is 10.8. The number of aromatic nitrogens is 2. The van der Waals surface area contributed by atoms with Crippen LogP contribution in [-0.2, 0) is 11.0 Å². The fourth-order valence-electron chi connectivity index (χ4n) is 4.06. The van der Waals surface area contributed by atoms with Gasteiger partial charge in [-0.25, -0.2) is 9.18 Å². The molecule has 1 heterocycles. The van der Waals surface area contributed by atoms with Crippen LogP contribution in [0.2, 0.25) is 0 Å². The molecule has 0 radical (unpaired) electrons. The van der Waals surface area contributed by atoms with Gasteiger partial charge in [-0.3, -0.25) is 5.10 Å². The molecule has 0 fully saturated rings. The molecule has 35 heavy (non-hydrogen) atoms. The molecule has 0 spiro atoms. The molecule has 8 heteroatoms. The van der Waals surface area contributed by atoms with Crippen LogP contribution >= 0.6 is 0 Å². The number of fused-ring (bicyclic) bond motifs is 1. The number of hydrogen-bond donors (Lipinski definition) is 2. The molecule has 0 aliphatic rings. The van der Waals surface area contributed by atoms with Crippen LogP contribution in [0.15, 0.2) is 72.9 Å². The predicted molar refractivity (Wildman–Crippen MR) is 127 cm³/mol. The summed E-state index contributed by atoms with van der Waals surface area (Å²) in [5.41, 5.74) is 2.51. The Kier molecular flexibility index (Phi) is 6.55. The Labute approximate surface area is 198 Å². The normalized spacial score (nSPS) is 12.8. The highest BCUT2D eigenvalue weighted by Gasteiger charge is 2.35. The van der Waals surface area contributed by atoms with Crippen molar-refractivity contribution in [3.05, 3.63) is 107 Å². The molecule has 0 bridgehead atoms. The SMILES string of the molecule is CC/C(=C(/c1ccc(/C=C/C(=O)O)cc1)c1ccc2[nH]ncc2c1)c1ccc(F)cc1C(F)(F)F. The van der Waals surface area contributed by atoms with Gasteiger partial charge in [0, 0.05) is 11.5 Å². The maximum Gasteiger partial charge on any atom is 0.417 e. The molecule has 1 aromatic heterocycles. The molecule has 2 N–H and O–H groups in total. The smallest absolute Gasteiger partial charge is 0.417 e. The number of aliphatic carboxylic acids is 1. The first kappa shape index (κ1) is 23.9. The molecule has 4 rings (SSSR count). The quantitative estimate of drug-likeness (QED) is 0.174. The molecule has 3 aromatic carbocycles. The van der Waals surface area contributed by atoms with Gasteiger partial charge >= 0.3 is 12.1 Å². The van der Waals surface area contributed by atoms with E-state index in [0.29, 0.717) is 33.9 Å². The highest BCUT2D eigenvalue weighted by Crippen LogP contribution is 2.41. The number of allylic oxidation sites excluding steroid dienone is 1. The van der Waals surface area contributed by atoms with Crippen molar-refractivity contribution in [3.63, 3.8) is 0 Å². The van der Waals surface area contributed by atoms with Gasteiger partial charge in [0.25, 0.3) is 0 Å². The minimum atomic E-state index is -4.75. The van der Waals surface area contributed by atoms with Crippen LogP contribution in [0.1, 0.15) is 41.2 Å². The number of carboxylic acid groups (broad SMARTS) is 1. The average Bonchev–Trinajstić information content (AvgIpc) is 3.29. The summed E-state index contributed by atoms with van der Waals surface area (Å²) < 4.78 is 55.5. The number of benzene rings is 3. The first-order valence-corrected chi connectivity index (χ1v) is 10.7. The van der Waals surface area contributed by atoms with Crippen molar-refractivity contribution >= 4 is 34.1 Å².